The average molecular weight is 229 g/mol. The normalized spacial score (nSPS) is 10.0. The lowest BCUT2D eigenvalue weighted by Gasteiger charge is -2.04. The second-order valence-corrected chi connectivity index (χ2v) is 3.41. The molecule has 1 aromatic heterocycles. The monoisotopic (exact) mass is 228 g/mol. The van der Waals surface area contributed by atoms with Crippen LogP contribution in [0.4, 0.5) is 0 Å². The number of aromatic nitrogens is 1. The van der Waals surface area contributed by atoms with Crippen molar-refractivity contribution in [3.63, 3.8) is 0 Å². The van der Waals surface area contributed by atoms with Crippen LogP contribution in [-0.2, 0) is 16.0 Å². The van der Waals surface area contributed by atoms with Gasteiger partial charge >= 0.3 is 0 Å². The Labute approximate surface area is 93.6 Å². The summed E-state index contributed by atoms with van der Waals surface area (Å²) in [6.07, 6.45) is 2.38. The molecule has 15 heavy (non-hydrogen) atoms. The zero-order valence-electron chi connectivity index (χ0n) is 8.50. The Hall–Kier alpha value is -1.13. The summed E-state index contributed by atoms with van der Waals surface area (Å²) in [7, 11) is 1.49. The number of hydrogen-bond acceptors (Lipinski definition) is 3. The zero-order chi connectivity index (χ0) is 11.1. The number of carbonyl (C=O) groups is 1. The molecule has 1 aromatic rings. The smallest absolute Gasteiger partial charge is 0.245 e. The van der Waals surface area contributed by atoms with Gasteiger partial charge in [-0.05, 0) is 24.1 Å². The number of rotatable bonds is 5. The van der Waals surface area contributed by atoms with Crippen LogP contribution in [-0.4, -0.2) is 31.2 Å². The molecule has 1 rings (SSSR count). The van der Waals surface area contributed by atoms with Gasteiger partial charge < -0.3 is 10.1 Å². The Bertz CT molecular complexity index is 331. The number of carbonyl (C=O) groups excluding carboxylic acids is 1. The first-order valence-corrected chi connectivity index (χ1v) is 4.96. The third-order valence-electron chi connectivity index (χ3n) is 1.80. The summed E-state index contributed by atoms with van der Waals surface area (Å²) in [6.45, 7) is 0.666. The number of halogens is 1. The minimum Gasteiger partial charge on any atom is -0.375 e. The third kappa shape index (κ3) is 4.76. The summed E-state index contributed by atoms with van der Waals surface area (Å²) >= 11 is 5.72. The molecule has 0 aliphatic heterocycles. The van der Waals surface area contributed by atoms with E-state index in [1.807, 2.05) is 6.07 Å². The van der Waals surface area contributed by atoms with Crippen LogP contribution >= 0.6 is 11.6 Å². The summed E-state index contributed by atoms with van der Waals surface area (Å²) in [5, 5.41) is 3.19. The maximum atomic E-state index is 11.0. The maximum Gasteiger partial charge on any atom is 0.245 e. The van der Waals surface area contributed by atoms with Crippen LogP contribution in [0.3, 0.4) is 0 Å². The van der Waals surface area contributed by atoms with E-state index in [2.05, 4.69) is 15.0 Å². The summed E-state index contributed by atoms with van der Waals surface area (Å²) in [6, 6.07) is 3.65. The number of methoxy groups -OCH3 is 1. The molecule has 5 heteroatoms. The first-order chi connectivity index (χ1) is 7.22. The van der Waals surface area contributed by atoms with Crippen LogP contribution in [0.2, 0.25) is 5.15 Å². The topological polar surface area (TPSA) is 51.2 Å². The molecular formula is C10H13ClN2O2. The summed E-state index contributed by atoms with van der Waals surface area (Å²) < 4.78 is 4.68. The molecule has 0 bridgehead atoms. The summed E-state index contributed by atoms with van der Waals surface area (Å²) in [5.74, 6) is -0.113. The fraction of sp³-hybridized carbons (Fsp3) is 0.400. The Balaban J connectivity index is 2.28. The van der Waals surface area contributed by atoms with Gasteiger partial charge in [-0.2, -0.15) is 0 Å². The van der Waals surface area contributed by atoms with Crippen LogP contribution in [0.1, 0.15) is 5.56 Å². The zero-order valence-corrected chi connectivity index (χ0v) is 9.25. The predicted molar refractivity (Wildman–Crippen MR) is 57.8 cm³/mol. The molecule has 0 radical (unpaired) electrons. The molecule has 0 saturated carbocycles. The van der Waals surface area contributed by atoms with E-state index in [4.69, 9.17) is 11.6 Å². The molecule has 0 saturated heterocycles. The molecule has 4 nitrogen and oxygen atoms in total. The molecule has 0 aliphatic carbocycles. The summed E-state index contributed by atoms with van der Waals surface area (Å²) in [5.41, 5.74) is 1.05. The van der Waals surface area contributed by atoms with Crippen molar-refractivity contribution in [2.45, 2.75) is 6.42 Å². The van der Waals surface area contributed by atoms with Gasteiger partial charge in [0.15, 0.2) is 0 Å². The van der Waals surface area contributed by atoms with Gasteiger partial charge in [0.2, 0.25) is 5.91 Å². The van der Waals surface area contributed by atoms with E-state index >= 15 is 0 Å². The fourth-order valence-corrected chi connectivity index (χ4v) is 1.32. The maximum absolute atomic E-state index is 11.0. The highest BCUT2D eigenvalue weighted by Crippen LogP contribution is 2.06. The van der Waals surface area contributed by atoms with Crippen molar-refractivity contribution in [1.82, 2.24) is 10.3 Å². The largest absolute Gasteiger partial charge is 0.375 e. The Morgan fingerprint density at radius 1 is 1.67 bits per heavy atom. The van der Waals surface area contributed by atoms with Crippen LogP contribution in [0.25, 0.3) is 0 Å². The standard InChI is InChI=1S/C10H13ClN2O2/c1-15-7-10(14)13-5-3-8-2-4-12-9(11)6-8/h2,4,6H,3,5,7H2,1H3,(H,13,14). The van der Waals surface area contributed by atoms with Gasteiger partial charge in [-0.3, -0.25) is 4.79 Å². The van der Waals surface area contributed by atoms with Crippen molar-refractivity contribution < 1.29 is 9.53 Å². The van der Waals surface area contributed by atoms with Crippen molar-refractivity contribution >= 4 is 17.5 Å². The second kappa shape index (κ2) is 6.37. The lowest BCUT2D eigenvalue weighted by Crippen LogP contribution is -2.28. The van der Waals surface area contributed by atoms with E-state index < -0.39 is 0 Å². The van der Waals surface area contributed by atoms with Crippen molar-refractivity contribution in [3.05, 3.63) is 29.0 Å². The van der Waals surface area contributed by atoms with Gasteiger partial charge in [-0.15, -0.1) is 0 Å². The minimum atomic E-state index is -0.113. The number of pyridine rings is 1. The van der Waals surface area contributed by atoms with Gasteiger partial charge in [0.1, 0.15) is 11.8 Å². The van der Waals surface area contributed by atoms with Crippen molar-refractivity contribution in [2.75, 3.05) is 20.3 Å². The summed E-state index contributed by atoms with van der Waals surface area (Å²) in [4.78, 5) is 14.9. The highest BCUT2D eigenvalue weighted by atomic mass is 35.5. The third-order valence-corrected chi connectivity index (χ3v) is 2.01. The number of nitrogens with one attached hydrogen (secondary N) is 1. The molecule has 1 amide bonds. The van der Waals surface area contributed by atoms with Crippen molar-refractivity contribution in [1.29, 1.82) is 0 Å². The van der Waals surface area contributed by atoms with Crippen molar-refractivity contribution in [2.24, 2.45) is 0 Å². The quantitative estimate of drug-likeness (QED) is 0.767. The minimum absolute atomic E-state index is 0.0943. The molecule has 1 heterocycles. The molecule has 0 atom stereocenters. The van der Waals surface area contributed by atoms with Crippen LogP contribution < -0.4 is 5.32 Å². The number of ether oxygens (including phenoxy) is 1. The Morgan fingerprint density at radius 3 is 3.13 bits per heavy atom. The lowest BCUT2D eigenvalue weighted by atomic mass is 10.2. The second-order valence-electron chi connectivity index (χ2n) is 3.02. The fourth-order valence-electron chi connectivity index (χ4n) is 1.13. The van der Waals surface area contributed by atoms with Crippen LogP contribution in [0.5, 0.6) is 0 Å². The van der Waals surface area contributed by atoms with Gasteiger partial charge in [0.25, 0.3) is 0 Å². The molecule has 0 spiro atoms. The van der Waals surface area contributed by atoms with Gasteiger partial charge in [-0.25, -0.2) is 4.98 Å². The number of nitrogens with zero attached hydrogens (tertiary/aromatic N) is 1. The number of hydrogen-bond donors (Lipinski definition) is 1. The van der Waals surface area contributed by atoms with Gasteiger partial charge in [0, 0.05) is 19.9 Å². The van der Waals surface area contributed by atoms with E-state index in [1.165, 1.54) is 7.11 Å². The molecule has 82 valence electrons. The van der Waals surface area contributed by atoms with E-state index in [0.717, 1.165) is 12.0 Å². The first-order valence-electron chi connectivity index (χ1n) is 4.58. The van der Waals surface area contributed by atoms with Crippen LogP contribution in [0.15, 0.2) is 18.3 Å². The van der Waals surface area contributed by atoms with Gasteiger partial charge in [-0.1, -0.05) is 11.6 Å². The number of amides is 1. The molecule has 0 aliphatic rings. The molecule has 0 unspecified atom stereocenters. The molecular weight excluding hydrogens is 216 g/mol. The molecule has 1 N–H and O–H groups in total. The van der Waals surface area contributed by atoms with Crippen molar-refractivity contribution in [3.8, 4) is 0 Å². The molecule has 0 fully saturated rings. The van der Waals surface area contributed by atoms with E-state index in [0.29, 0.717) is 11.7 Å². The average Bonchev–Trinajstić information content (AvgIpc) is 2.18. The van der Waals surface area contributed by atoms with Gasteiger partial charge in [0.05, 0.1) is 0 Å². The highest BCUT2D eigenvalue weighted by molar-refractivity contribution is 6.29. The first kappa shape index (κ1) is 11.9. The van der Waals surface area contributed by atoms with Crippen LogP contribution in [0, 0.1) is 0 Å². The van der Waals surface area contributed by atoms with E-state index in [1.54, 1.807) is 12.3 Å². The van der Waals surface area contributed by atoms with E-state index in [-0.39, 0.29) is 12.5 Å². The van der Waals surface area contributed by atoms with E-state index in [9.17, 15) is 4.79 Å². The predicted octanol–water partition coefficient (Wildman–Crippen LogP) is 1.04. The molecule has 0 aromatic carbocycles. The lowest BCUT2D eigenvalue weighted by molar-refractivity contribution is -0.124. The Morgan fingerprint density at radius 2 is 2.47 bits per heavy atom. The highest BCUT2D eigenvalue weighted by Gasteiger charge is 1.99. The SMILES string of the molecule is COCC(=O)NCCc1ccnc(Cl)c1. The Kier molecular flexibility index (Phi) is 5.07.